The van der Waals surface area contributed by atoms with Gasteiger partial charge >= 0.3 is 0 Å². The Kier molecular flexibility index (Phi) is 6.97. The average Bonchev–Trinajstić information content (AvgIpc) is 2.44. The maximum Gasteiger partial charge on any atom is 0.224 e. The van der Waals surface area contributed by atoms with Crippen LogP contribution in [-0.4, -0.2) is 30.8 Å². The van der Waals surface area contributed by atoms with Gasteiger partial charge in [-0.1, -0.05) is 32.4 Å². The molecule has 106 valence electrons. The number of amides is 1. The Hall–Kier alpha value is -1.55. The summed E-state index contributed by atoms with van der Waals surface area (Å²) in [4.78, 5) is 11.5. The van der Waals surface area contributed by atoms with Crippen molar-refractivity contribution in [2.75, 3.05) is 19.8 Å². The molecule has 0 radical (unpaired) electrons. The molecule has 0 fully saturated rings. The van der Waals surface area contributed by atoms with Gasteiger partial charge in [-0.3, -0.25) is 4.79 Å². The normalized spacial score (nSPS) is 11.9. The summed E-state index contributed by atoms with van der Waals surface area (Å²) in [5.74, 6) is 1.30. The number of benzene rings is 1. The minimum Gasteiger partial charge on any atom is -0.493 e. The molecule has 19 heavy (non-hydrogen) atoms. The van der Waals surface area contributed by atoms with Gasteiger partial charge in [0.05, 0.1) is 19.6 Å². The Balaban J connectivity index is 2.40. The van der Waals surface area contributed by atoms with Crippen molar-refractivity contribution in [1.29, 1.82) is 0 Å². The third-order valence-corrected chi connectivity index (χ3v) is 2.95. The Bertz CT molecular complexity index is 375. The highest BCUT2D eigenvalue weighted by atomic mass is 16.5. The highest BCUT2D eigenvalue weighted by molar-refractivity contribution is 5.78. The van der Waals surface area contributed by atoms with Gasteiger partial charge in [0.2, 0.25) is 5.91 Å². The van der Waals surface area contributed by atoms with Crippen LogP contribution in [0, 0.1) is 5.92 Å². The molecule has 0 aromatic heterocycles. The number of ether oxygens (including phenoxy) is 1. The van der Waals surface area contributed by atoms with E-state index in [1.807, 2.05) is 24.3 Å². The lowest BCUT2D eigenvalue weighted by molar-refractivity contribution is -0.120. The Labute approximate surface area is 114 Å². The van der Waals surface area contributed by atoms with Crippen molar-refractivity contribution in [3.8, 4) is 5.75 Å². The molecule has 4 heteroatoms. The zero-order chi connectivity index (χ0) is 14.1. The summed E-state index contributed by atoms with van der Waals surface area (Å²) in [7, 11) is 0. The summed E-state index contributed by atoms with van der Waals surface area (Å²) in [6.45, 7) is 5.28. The molecule has 4 nitrogen and oxygen atoms in total. The van der Waals surface area contributed by atoms with Crippen LogP contribution in [0.15, 0.2) is 24.3 Å². The smallest absolute Gasteiger partial charge is 0.224 e. The molecular formula is C15H23NO3. The molecule has 0 bridgehead atoms. The third kappa shape index (κ3) is 6.25. The Morgan fingerprint density at radius 3 is 2.63 bits per heavy atom. The van der Waals surface area contributed by atoms with E-state index in [1.165, 1.54) is 0 Å². The summed E-state index contributed by atoms with van der Waals surface area (Å²) in [6.07, 6.45) is 1.43. The third-order valence-electron chi connectivity index (χ3n) is 2.95. The summed E-state index contributed by atoms with van der Waals surface area (Å²) in [5.41, 5.74) is 0.936. The lowest BCUT2D eigenvalue weighted by Gasteiger charge is -2.11. The second-order valence-electron chi connectivity index (χ2n) is 4.72. The number of rotatable bonds is 8. The largest absolute Gasteiger partial charge is 0.493 e. The zero-order valence-electron chi connectivity index (χ0n) is 11.7. The number of carbonyl (C=O) groups excluding carboxylic acids is 1. The highest BCUT2D eigenvalue weighted by Gasteiger charge is 2.04. The van der Waals surface area contributed by atoms with E-state index in [0.29, 0.717) is 25.5 Å². The summed E-state index contributed by atoms with van der Waals surface area (Å²) in [6, 6.07) is 7.56. The number of aliphatic hydroxyl groups is 1. The standard InChI is InChI=1S/C15H23NO3/c1-3-12(2)11-19-14-6-4-13(5-7-14)10-15(18)16-8-9-17/h4-7,12,17H,3,8-11H2,1-2H3,(H,16,18). The van der Waals surface area contributed by atoms with Crippen molar-refractivity contribution in [2.45, 2.75) is 26.7 Å². The first-order chi connectivity index (χ1) is 9.15. The van der Waals surface area contributed by atoms with Gasteiger partial charge in [0.1, 0.15) is 5.75 Å². The Morgan fingerprint density at radius 1 is 1.37 bits per heavy atom. The number of hydrogen-bond acceptors (Lipinski definition) is 3. The van der Waals surface area contributed by atoms with Crippen LogP contribution in [0.3, 0.4) is 0 Å². The topological polar surface area (TPSA) is 58.6 Å². The molecular weight excluding hydrogens is 242 g/mol. The second-order valence-corrected chi connectivity index (χ2v) is 4.72. The van der Waals surface area contributed by atoms with E-state index in [0.717, 1.165) is 17.7 Å². The van der Waals surface area contributed by atoms with E-state index in [9.17, 15) is 4.79 Å². The van der Waals surface area contributed by atoms with Gasteiger partial charge in [0, 0.05) is 6.54 Å². The van der Waals surface area contributed by atoms with E-state index in [2.05, 4.69) is 19.2 Å². The number of carbonyl (C=O) groups is 1. The molecule has 0 saturated heterocycles. The van der Waals surface area contributed by atoms with E-state index >= 15 is 0 Å². The fourth-order valence-electron chi connectivity index (χ4n) is 1.50. The fraction of sp³-hybridized carbons (Fsp3) is 0.533. The minimum absolute atomic E-state index is 0.0336. The van der Waals surface area contributed by atoms with Crippen LogP contribution >= 0.6 is 0 Å². The molecule has 0 aliphatic rings. The average molecular weight is 265 g/mol. The van der Waals surface area contributed by atoms with E-state index in [1.54, 1.807) is 0 Å². The van der Waals surface area contributed by atoms with E-state index in [-0.39, 0.29) is 12.5 Å². The number of nitrogens with one attached hydrogen (secondary N) is 1. The molecule has 2 N–H and O–H groups in total. The van der Waals surface area contributed by atoms with Gasteiger partial charge < -0.3 is 15.2 Å². The van der Waals surface area contributed by atoms with E-state index < -0.39 is 0 Å². The van der Waals surface area contributed by atoms with Crippen LogP contribution < -0.4 is 10.1 Å². The van der Waals surface area contributed by atoms with Gasteiger partial charge in [-0.05, 0) is 23.6 Å². The van der Waals surface area contributed by atoms with Crippen molar-refractivity contribution in [3.63, 3.8) is 0 Å². The first kappa shape index (κ1) is 15.5. The predicted molar refractivity (Wildman–Crippen MR) is 75.2 cm³/mol. The van der Waals surface area contributed by atoms with Crippen molar-refractivity contribution in [1.82, 2.24) is 5.32 Å². The van der Waals surface area contributed by atoms with Crippen LogP contribution in [0.2, 0.25) is 0 Å². The zero-order valence-corrected chi connectivity index (χ0v) is 11.7. The summed E-state index contributed by atoms with van der Waals surface area (Å²) >= 11 is 0. The molecule has 1 rings (SSSR count). The van der Waals surface area contributed by atoms with Crippen LogP contribution in [-0.2, 0) is 11.2 Å². The van der Waals surface area contributed by atoms with Crippen molar-refractivity contribution >= 4 is 5.91 Å². The van der Waals surface area contributed by atoms with Crippen molar-refractivity contribution < 1.29 is 14.6 Å². The number of aliphatic hydroxyl groups excluding tert-OH is 1. The molecule has 1 aromatic rings. The second kappa shape index (κ2) is 8.53. The Morgan fingerprint density at radius 2 is 2.05 bits per heavy atom. The molecule has 0 spiro atoms. The van der Waals surface area contributed by atoms with Gasteiger partial charge in [-0.2, -0.15) is 0 Å². The fourth-order valence-corrected chi connectivity index (χ4v) is 1.50. The minimum atomic E-state index is -0.0812. The van der Waals surface area contributed by atoms with Crippen LogP contribution in [0.25, 0.3) is 0 Å². The van der Waals surface area contributed by atoms with Gasteiger partial charge in [0.15, 0.2) is 0 Å². The molecule has 1 aromatic carbocycles. The molecule has 1 amide bonds. The predicted octanol–water partition coefficient (Wildman–Crippen LogP) is 1.76. The summed E-state index contributed by atoms with van der Waals surface area (Å²) in [5, 5.41) is 11.2. The van der Waals surface area contributed by atoms with Crippen LogP contribution in [0.4, 0.5) is 0 Å². The molecule has 1 unspecified atom stereocenters. The molecule has 1 atom stereocenters. The number of hydrogen-bond donors (Lipinski definition) is 2. The van der Waals surface area contributed by atoms with Gasteiger partial charge in [-0.15, -0.1) is 0 Å². The molecule has 0 aliphatic carbocycles. The molecule has 0 heterocycles. The lowest BCUT2D eigenvalue weighted by Crippen LogP contribution is -2.27. The first-order valence-corrected chi connectivity index (χ1v) is 6.75. The van der Waals surface area contributed by atoms with Gasteiger partial charge in [0.25, 0.3) is 0 Å². The SMILES string of the molecule is CCC(C)COc1ccc(CC(=O)NCCO)cc1. The molecule has 0 saturated carbocycles. The lowest BCUT2D eigenvalue weighted by atomic mass is 10.1. The highest BCUT2D eigenvalue weighted by Crippen LogP contribution is 2.14. The van der Waals surface area contributed by atoms with Crippen molar-refractivity contribution in [3.05, 3.63) is 29.8 Å². The van der Waals surface area contributed by atoms with Crippen LogP contribution in [0.5, 0.6) is 5.75 Å². The molecule has 0 aliphatic heterocycles. The maximum atomic E-state index is 11.5. The van der Waals surface area contributed by atoms with Crippen molar-refractivity contribution in [2.24, 2.45) is 5.92 Å². The van der Waals surface area contributed by atoms with E-state index in [4.69, 9.17) is 9.84 Å². The monoisotopic (exact) mass is 265 g/mol. The van der Waals surface area contributed by atoms with Crippen LogP contribution in [0.1, 0.15) is 25.8 Å². The summed E-state index contributed by atoms with van der Waals surface area (Å²) < 4.78 is 5.65. The first-order valence-electron chi connectivity index (χ1n) is 6.75. The van der Waals surface area contributed by atoms with Gasteiger partial charge in [-0.25, -0.2) is 0 Å². The quantitative estimate of drug-likeness (QED) is 0.753. The maximum absolute atomic E-state index is 11.5.